The van der Waals surface area contributed by atoms with Gasteiger partial charge in [0.1, 0.15) is 11.6 Å². The van der Waals surface area contributed by atoms with E-state index in [-0.39, 0.29) is 11.3 Å². The van der Waals surface area contributed by atoms with Crippen LogP contribution in [0.25, 0.3) is 0 Å². The molecule has 2 N–H and O–H groups in total. The number of carbonyl (C=O) groups is 1. The van der Waals surface area contributed by atoms with Crippen molar-refractivity contribution in [2.75, 3.05) is 17.7 Å². The standard InChI is InChI=1S/C14H14FN3O/c1-9-6-7-17-12(8-9)18-14(19)10-4-3-5-11(15)13(10)16-2/h3-8,16H,1-2H3,(H,17,18,19). The summed E-state index contributed by atoms with van der Waals surface area (Å²) >= 11 is 0. The van der Waals surface area contributed by atoms with Crippen molar-refractivity contribution in [3.8, 4) is 0 Å². The van der Waals surface area contributed by atoms with Gasteiger partial charge in [-0.25, -0.2) is 9.37 Å². The molecule has 0 radical (unpaired) electrons. The van der Waals surface area contributed by atoms with Gasteiger partial charge < -0.3 is 10.6 Å². The normalized spacial score (nSPS) is 10.1. The zero-order chi connectivity index (χ0) is 13.8. The molecule has 2 aromatic rings. The minimum Gasteiger partial charge on any atom is -0.385 e. The van der Waals surface area contributed by atoms with Crippen molar-refractivity contribution in [3.05, 3.63) is 53.5 Å². The summed E-state index contributed by atoms with van der Waals surface area (Å²) in [6.07, 6.45) is 1.61. The SMILES string of the molecule is CNc1c(F)cccc1C(=O)Nc1cc(C)ccn1. The van der Waals surface area contributed by atoms with Gasteiger partial charge in [0.05, 0.1) is 11.3 Å². The van der Waals surface area contributed by atoms with Gasteiger partial charge in [0.15, 0.2) is 0 Å². The Hall–Kier alpha value is -2.43. The Morgan fingerprint density at radius 3 is 2.79 bits per heavy atom. The number of carbonyl (C=O) groups excluding carboxylic acids is 1. The molecule has 0 fully saturated rings. The summed E-state index contributed by atoms with van der Waals surface area (Å²) in [6.45, 7) is 1.90. The fourth-order valence-electron chi connectivity index (χ4n) is 1.76. The molecule has 0 aliphatic rings. The Morgan fingerprint density at radius 1 is 1.32 bits per heavy atom. The topological polar surface area (TPSA) is 54.0 Å². The lowest BCUT2D eigenvalue weighted by Gasteiger charge is -2.10. The zero-order valence-electron chi connectivity index (χ0n) is 10.7. The molecule has 0 saturated heterocycles. The van der Waals surface area contributed by atoms with E-state index in [2.05, 4.69) is 15.6 Å². The van der Waals surface area contributed by atoms with Crippen LogP contribution in [0, 0.1) is 12.7 Å². The molecule has 19 heavy (non-hydrogen) atoms. The molecule has 4 nitrogen and oxygen atoms in total. The molecule has 0 unspecified atom stereocenters. The highest BCUT2D eigenvalue weighted by molar-refractivity contribution is 6.07. The van der Waals surface area contributed by atoms with Crippen molar-refractivity contribution in [2.45, 2.75) is 6.92 Å². The highest BCUT2D eigenvalue weighted by atomic mass is 19.1. The highest BCUT2D eigenvalue weighted by Gasteiger charge is 2.14. The maximum atomic E-state index is 13.6. The Balaban J connectivity index is 2.28. The lowest BCUT2D eigenvalue weighted by Crippen LogP contribution is -2.15. The van der Waals surface area contributed by atoms with Crippen LogP contribution in [0.2, 0.25) is 0 Å². The average molecular weight is 259 g/mol. The molecule has 1 aromatic carbocycles. The van der Waals surface area contributed by atoms with Crippen molar-refractivity contribution < 1.29 is 9.18 Å². The molecular weight excluding hydrogens is 245 g/mol. The summed E-state index contributed by atoms with van der Waals surface area (Å²) in [4.78, 5) is 16.1. The molecule has 0 spiro atoms. The molecule has 0 saturated carbocycles. The predicted octanol–water partition coefficient (Wildman–Crippen LogP) is 2.82. The van der Waals surface area contributed by atoms with E-state index in [4.69, 9.17) is 0 Å². The first-order valence-corrected chi connectivity index (χ1v) is 5.82. The van der Waals surface area contributed by atoms with Crippen LogP contribution < -0.4 is 10.6 Å². The average Bonchev–Trinajstić information content (AvgIpc) is 2.38. The van der Waals surface area contributed by atoms with Gasteiger partial charge in [0.2, 0.25) is 0 Å². The second kappa shape index (κ2) is 5.48. The molecule has 2 rings (SSSR count). The van der Waals surface area contributed by atoms with Crippen LogP contribution in [0.4, 0.5) is 15.9 Å². The summed E-state index contributed by atoms with van der Waals surface area (Å²) in [5.74, 6) is -0.425. The van der Waals surface area contributed by atoms with Gasteiger partial charge in [-0.3, -0.25) is 4.79 Å². The summed E-state index contributed by atoms with van der Waals surface area (Å²) in [6, 6.07) is 7.93. The zero-order valence-corrected chi connectivity index (χ0v) is 10.7. The number of rotatable bonds is 3. The number of para-hydroxylation sites is 1. The number of anilines is 2. The molecule has 0 aliphatic heterocycles. The van der Waals surface area contributed by atoms with Crippen LogP contribution in [0.5, 0.6) is 0 Å². The van der Waals surface area contributed by atoms with Gasteiger partial charge in [0.25, 0.3) is 5.91 Å². The van der Waals surface area contributed by atoms with E-state index in [1.807, 2.05) is 13.0 Å². The lowest BCUT2D eigenvalue weighted by atomic mass is 10.1. The maximum Gasteiger partial charge on any atom is 0.259 e. The number of benzene rings is 1. The predicted molar refractivity (Wildman–Crippen MR) is 72.9 cm³/mol. The summed E-state index contributed by atoms with van der Waals surface area (Å²) < 4.78 is 13.6. The fraction of sp³-hybridized carbons (Fsp3) is 0.143. The Bertz CT molecular complexity index is 613. The van der Waals surface area contributed by atoms with E-state index >= 15 is 0 Å². The van der Waals surface area contributed by atoms with E-state index in [9.17, 15) is 9.18 Å². The number of hydrogen-bond donors (Lipinski definition) is 2. The van der Waals surface area contributed by atoms with Gasteiger partial charge in [-0.15, -0.1) is 0 Å². The van der Waals surface area contributed by atoms with Crippen LogP contribution >= 0.6 is 0 Å². The molecule has 0 aliphatic carbocycles. The Labute approximate surface area is 110 Å². The first-order valence-electron chi connectivity index (χ1n) is 5.82. The van der Waals surface area contributed by atoms with Gasteiger partial charge in [-0.2, -0.15) is 0 Å². The fourth-order valence-corrected chi connectivity index (χ4v) is 1.76. The van der Waals surface area contributed by atoms with Crippen molar-refractivity contribution >= 4 is 17.4 Å². The van der Waals surface area contributed by atoms with Crippen LogP contribution in [0.15, 0.2) is 36.5 Å². The van der Waals surface area contributed by atoms with Crippen molar-refractivity contribution in [1.82, 2.24) is 4.98 Å². The molecule has 0 bridgehead atoms. The number of nitrogens with zero attached hydrogens (tertiary/aromatic N) is 1. The molecule has 1 aromatic heterocycles. The number of nitrogens with one attached hydrogen (secondary N) is 2. The molecule has 1 amide bonds. The van der Waals surface area contributed by atoms with E-state index < -0.39 is 11.7 Å². The second-order valence-electron chi connectivity index (χ2n) is 4.08. The minimum absolute atomic E-state index is 0.174. The number of pyridine rings is 1. The van der Waals surface area contributed by atoms with Crippen LogP contribution in [-0.2, 0) is 0 Å². The number of aromatic nitrogens is 1. The third-order valence-corrected chi connectivity index (χ3v) is 2.67. The first kappa shape index (κ1) is 13.0. The lowest BCUT2D eigenvalue weighted by molar-refractivity contribution is 0.102. The number of amides is 1. The summed E-state index contributed by atoms with van der Waals surface area (Å²) in [7, 11) is 1.57. The van der Waals surface area contributed by atoms with Crippen molar-refractivity contribution in [1.29, 1.82) is 0 Å². The number of hydrogen-bond acceptors (Lipinski definition) is 3. The van der Waals surface area contributed by atoms with Gasteiger partial charge in [-0.1, -0.05) is 6.07 Å². The Morgan fingerprint density at radius 2 is 2.11 bits per heavy atom. The third-order valence-electron chi connectivity index (χ3n) is 2.67. The van der Waals surface area contributed by atoms with Crippen molar-refractivity contribution in [2.24, 2.45) is 0 Å². The molecular formula is C14H14FN3O. The van der Waals surface area contributed by atoms with Crippen LogP contribution in [0.3, 0.4) is 0 Å². The Kier molecular flexibility index (Phi) is 3.75. The third kappa shape index (κ3) is 2.88. The van der Waals surface area contributed by atoms with Gasteiger partial charge >= 0.3 is 0 Å². The molecule has 0 atom stereocenters. The van der Waals surface area contributed by atoms with Gasteiger partial charge in [0, 0.05) is 13.2 Å². The maximum absolute atomic E-state index is 13.6. The number of halogens is 1. The quantitative estimate of drug-likeness (QED) is 0.891. The monoisotopic (exact) mass is 259 g/mol. The smallest absolute Gasteiger partial charge is 0.259 e. The minimum atomic E-state index is -0.465. The first-order chi connectivity index (χ1) is 9.11. The second-order valence-corrected chi connectivity index (χ2v) is 4.08. The van der Waals surface area contributed by atoms with Gasteiger partial charge in [-0.05, 0) is 36.8 Å². The van der Waals surface area contributed by atoms with E-state index in [0.29, 0.717) is 5.82 Å². The molecule has 1 heterocycles. The molecule has 5 heteroatoms. The highest BCUT2D eigenvalue weighted by Crippen LogP contribution is 2.20. The summed E-state index contributed by atoms with van der Waals surface area (Å²) in [5, 5.41) is 5.33. The van der Waals surface area contributed by atoms with Crippen LogP contribution in [-0.4, -0.2) is 17.9 Å². The molecule has 98 valence electrons. The van der Waals surface area contributed by atoms with E-state index in [1.165, 1.54) is 12.1 Å². The van der Waals surface area contributed by atoms with E-state index in [1.54, 1.807) is 25.4 Å². The van der Waals surface area contributed by atoms with Crippen LogP contribution in [0.1, 0.15) is 15.9 Å². The largest absolute Gasteiger partial charge is 0.385 e. The van der Waals surface area contributed by atoms with E-state index in [0.717, 1.165) is 5.56 Å². The number of aryl methyl sites for hydroxylation is 1. The summed E-state index contributed by atoms with van der Waals surface area (Å²) in [5.41, 5.74) is 1.40. The van der Waals surface area contributed by atoms with Crippen molar-refractivity contribution in [3.63, 3.8) is 0 Å².